The van der Waals surface area contributed by atoms with Crippen molar-refractivity contribution in [2.75, 3.05) is 11.1 Å². The molecule has 7 nitrogen and oxygen atoms in total. The molecular formula is C18H17N3O4S. The first kappa shape index (κ1) is 17.8. The molecule has 0 aliphatic heterocycles. The van der Waals surface area contributed by atoms with E-state index in [1.54, 1.807) is 18.2 Å². The lowest BCUT2D eigenvalue weighted by atomic mass is 10.1. The number of amides is 1. The van der Waals surface area contributed by atoms with Gasteiger partial charge in [0.15, 0.2) is 9.84 Å². The first-order valence-corrected chi connectivity index (χ1v) is 9.49. The minimum atomic E-state index is -3.74. The molecule has 0 bridgehead atoms. The first-order valence-electron chi connectivity index (χ1n) is 7.84. The maximum atomic E-state index is 12.2. The van der Waals surface area contributed by atoms with E-state index >= 15 is 0 Å². The molecule has 26 heavy (non-hydrogen) atoms. The minimum Gasteiger partial charge on any atom is -0.403 e. The monoisotopic (exact) mass is 371 g/mol. The standard InChI is InChI=1S/C18H17N3O4S/c1-12-8-9-14(10-13(12)2)17-20-21-18(25-17)19-16(22)11-26(23,24)15-6-4-3-5-7-15/h3-10H,11H2,1-2H3,(H,19,21,22). The van der Waals surface area contributed by atoms with Gasteiger partial charge in [0.2, 0.25) is 11.8 Å². The smallest absolute Gasteiger partial charge is 0.322 e. The van der Waals surface area contributed by atoms with Gasteiger partial charge < -0.3 is 4.42 Å². The first-order chi connectivity index (χ1) is 12.3. The van der Waals surface area contributed by atoms with Gasteiger partial charge in [0.25, 0.3) is 0 Å². The Bertz CT molecular complexity index is 1040. The van der Waals surface area contributed by atoms with E-state index < -0.39 is 21.5 Å². The average Bonchev–Trinajstić information content (AvgIpc) is 3.06. The summed E-state index contributed by atoms with van der Waals surface area (Å²) in [6, 6.07) is 13.3. The van der Waals surface area contributed by atoms with Crippen LogP contribution in [0.2, 0.25) is 0 Å². The van der Waals surface area contributed by atoms with E-state index in [1.165, 1.54) is 12.1 Å². The Labute approximate surface area is 151 Å². The van der Waals surface area contributed by atoms with Crippen LogP contribution in [0, 0.1) is 13.8 Å². The molecular weight excluding hydrogens is 354 g/mol. The predicted octanol–water partition coefficient (Wildman–Crippen LogP) is 2.77. The second kappa shape index (κ2) is 7.09. The Kier molecular flexibility index (Phi) is 4.85. The number of anilines is 1. The molecule has 0 atom stereocenters. The molecule has 0 fully saturated rings. The average molecular weight is 371 g/mol. The maximum absolute atomic E-state index is 12.2. The molecule has 0 spiro atoms. The molecule has 1 N–H and O–H groups in total. The van der Waals surface area contributed by atoms with Crippen molar-refractivity contribution in [1.82, 2.24) is 10.2 Å². The highest BCUT2D eigenvalue weighted by Crippen LogP contribution is 2.22. The fraction of sp³-hybridized carbons (Fsp3) is 0.167. The molecule has 0 aliphatic rings. The predicted molar refractivity (Wildman–Crippen MR) is 96.3 cm³/mol. The summed E-state index contributed by atoms with van der Waals surface area (Å²) in [5, 5.41) is 9.95. The summed E-state index contributed by atoms with van der Waals surface area (Å²) >= 11 is 0. The summed E-state index contributed by atoms with van der Waals surface area (Å²) in [6.07, 6.45) is 0. The van der Waals surface area contributed by atoms with Crippen LogP contribution in [0.5, 0.6) is 0 Å². The van der Waals surface area contributed by atoms with Gasteiger partial charge in [0.05, 0.1) is 4.90 Å². The Morgan fingerprint density at radius 2 is 1.77 bits per heavy atom. The van der Waals surface area contributed by atoms with Crippen LogP contribution in [0.4, 0.5) is 6.01 Å². The number of carbonyl (C=O) groups excluding carboxylic acids is 1. The van der Waals surface area contributed by atoms with Crippen LogP contribution in [0.1, 0.15) is 11.1 Å². The van der Waals surface area contributed by atoms with Gasteiger partial charge in [-0.2, -0.15) is 0 Å². The fourth-order valence-corrected chi connectivity index (χ4v) is 3.46. The van der Waals surface area contributed by atoms with Gasteiger partial charge in [0, 0.05) is 5.56 Å². The Morgan fingerprint density at radius 3 is 2.46 bits per heavy atom. The number of nitrogens with zero attached hydrogens (tertiary/aromatic N) is 2. The fourth-order valence-electron chi connectivity index (χ4n) is 2.30. The largest absolute Gasteiger partial charge is 0.403 e. The number of hydrogen-bond donors (Lipinski definition) is 1. The lowest BCUT2D eigenvalue weighted by Gasteiger charge is -2.03. The van der Waals surface area contributed by atoms with E-state index in [9.17, 15) is 13.2 Å². The molecule has 8 heteroatoms. The number of carbonyl (C=O) groups is 1. The topological polar surface area (TPSA) is 102 Å². The van der Waals surface area contributed by atoms with Gasteiger partial charge in [0.1, 0.15) is 5.75 Å². The summed E-state index contributed by atoms with van der Waals surface area (Å²) < 4.78 is 29.8. The Morgan fingerprint density at radius 1 is 1.04 bits per heavy atom. The van der Waals surface area contributed by atoms with Crippen molar-refractivity contribution in [2.24, 2.45) is 0 Å². The second-order valence-corrected chi connectivity index (χ2v) is 7.82. The molecule has 0 aliphatic carbocycles. The van der Waals surface area contributed by atoms with E-state index in [-0.39, 0.29) is 16.8 Å². The van der Waals surface area contributed by atoms with Gasteiger partial charge in [-0.05, 0) is 49.2 Å². The van der Waals surface area contributed by atoms with Gasteiger partial charge in [-0.15, -0.1) is 5.10 Å². The van der Waals surface area contributed by atoms with Crippen molar-refractivity contribution in [3.63, 3.8) is 0 Å². The van der Waals surface area contributed by atoms with Crippen molar-refractivity contribution in [3.8, 4) is 11.5 Å². The molecule has 134 valence electrons. The third-order valence-electron chi connectivity index (χ3n) is 3.85. The van der Waals surface area contributed by atoms with Crippen LogP contribution in [0.25, 0.3) is 11.5 Å². The van der Waals surface area contributed by atoms with Crippen molar-refractivity contribution >= 4 is 21.8 Å². The van der Waals surface area contributed by atoms with E-state index in [4.69, 9.17) is 4.42 Å². The normalized spacial score (nSPS) is 11.3. The highest BCUT2D eigenvalue weighted by molar-refractivity contribution is 7.92. The zero-order valence-electron chi connectivity index (χ0n) is 14.3. The van der Waals surface area contributed by atoms with Crippen molar-refractivity contribution in [2.45, 2.75) is 18.7 Å². The van der Waals surface area contributed by atoms with Gasteiger partial charge in [-0.1, -0.05) is 29.4 Å². The second-order valence-electron chi connectivity index (χ2n) is 5.83. The molecule has 3 aromatic rings. The number of benzene rings is 2. The highest BCUT2D eigenvalue weighted by Gasteiger charge is 2.20. The third-order valence-corrected chi connectivity index (χ3v) is 5.48. The van der Waals surface area contributed by atoms with Crippen molar-refractivity contribution in [1.29, 1.82) is 0 Å². The van der Waals surface area contributed by atoms with Crippen LogP contribution in [-0.4, -0.2) is 30.3 Å². The molecule has 2 aromatic carbocycles. The molecule has 0 saturated heterocycles. The van der Waals surface area contributed by atoms with E-state index in [0.717, 1.165) is 16.7 Å². The van der Waals surface area contributed by atoms with Crippen LogP contribution in [-0.2, 0) is 14.6 Å². The zero-order chi connectivity index (χ0) is 18.7. The van der Waals surface area contributed by atoms with Gasteiger partial charge >= 0.3 is 6.01 Å². The van der Waals surface area contributed by atoms with E-state index in [1.807, 2.05) is 32.0 Å². The molecule has 1 aromatic heterocycles. The molecule has 3 rings (SSSR count). The number of aromatic nitrogens is 2. The van der Waals surface area contributed by atoms with E-state index in [2.05, 4.69) is 15.5 Å². The molecule has 1 amide bonds. The maximum Gasteiger partial charge on any atom is 0.322 e. The van der Waals surface area contributed by atoms with Crippen LogP contribution in [0.15, 0.2) is 57.8 Å². The zero-order valence-corrected chi connectivity index (χ0v) is 15.1. The molecule has 1 heterocycles. The van der Waals surface area contributed by atoms with Crippen LogP contribution < -0.4 is 5.32 Å². The molecule has 0 radical (unpaired) electrons. The highest BCUT2D eigenvalue weighted by atomic mass is 32.2. The quantitative estimate of drug-likeness (QED) is 0.740. The Balaban J connectivity index is 1.71. The summed E-state index contributed by atoms with van der Waals surface area (Å²) in [5.41, 5.74) is 2.92. The Hall–Kier alpha value is -3.00. The number of hydrogen-bond acceptors (Lipinski definition) is 6. The summed E-state index contributed by atoms with van der Waals surface area (Å²) in [7, 11) is -3.74. The van der Waals surface area contributed by atoms with Crippen molar-refractivity contribution in [3.05, 3.63) is 59.7 Å². The number of aryl methyl sites for hydroxylation is 2. The third kappa shape index (κ3) is 3.97. The number of nitrogens with one attached hydrogen (secondary N) is 1. The van der Waals surface area contributed by atoms with E-state index in [0.29, 0.717) is 0 Å². The summed E-state index contributed by atoms with van der Waals surface area (Å²) in [6.45, 7) is 3.96. The summed E-state index contributed by atoms with van der Waals surface area (Å²) in [5.74, 6) is -1.21. The lowest BCUT2D eigenvalue weighted by molar-refractivity contribution is -0.114. The number of rotatable bonds is 5. The van der Waals surface area contributed by atoms with Gasteiger partial charge in [-0.25, -0.2) is 8.42 Å². The summed E-state index contributed by atoms with van der Waals surface area (Å²) in [4.78, 5) is 12.1. The minimum absolute atomic E-state index is 0.0801. The van der Waals surface area contributed by atoms with Crippen molar-refractivity contribution < 1.29 is 17.6 Å². The lowest BCUT2D eigenvalue weighted by Crippen LogP contribution is -2.23. The van der Waals surface area contributed by atoms with Crippen LogP contribution in [0.3, 0.4) is 0 Å². The SMILES string of the molecule is Cc1ccc(-c2nnc(NC(=O)CS(=O)(=O)c3ccccc3)o2)cc1C. The molecule has 0 unspecified atom stereocenters. The van der Waals surface area contributed by atoms with Crippen LogP contribution >= 0.6 is 0 Å². The van der Waals surface area contributed by atoms with Gasteiger partial charge in [-0.3, -0.25) is 10.1 Å². The number of sulfone groups is 1. The molecule has 0 saturated carbocycles.